The summed E-state index contributed by atoms with van der Waals surface area (Å²) in [6, 6.07) is 14.4. The van der Waals surface area contributed by atoms with Crippen LogP contribution in [-0.2, 0) is 21.2 Å². The number of nitrogens with zero attached hydrogens (tertiary/aromatic N) is 2. The van der Waals surface area contributed by atoms with Crippen molar-refractivity contribution in [1.29, 1.82) is 0 Å². The number of carbonyl (C=O) groups is 1. The summed E-state index contributed by atoms with van der Waals surface area (Å²) in [6.45, 7) is 1.75. The molecule has 1 unspecified atom stereocenters. The van der Waals surface area contributed by atoms with Gasteiger partial charge >= 0.3 is 6.09 Å². The molecule has 1 amide bonds. The minimum Gasteiger partial charge on any atom is -0.439 e. The lowest BCUT2D eigenvalue weighted by molar-refractivity contribution is 0.0268. The second-order valence-electron chi connectivity index (χ2n) is 7.16. The van der Waals surface area contributed by atoms with E-state index in [4.69, 9.17) is 15.2 Å². The Kier molecular flexibility index (Phi) is 5.81. The lowest BCUT2D eigenvalue weighted by atomic mass is 9.94. The molecule has 1 aliphatic heterocycles. The average Bonchev–Trinajstić information content (AvgIpc) is 2.77. The quantitative estimate of drug-likeness (QED) is 0.626. The first-order valence-electron chi connectivity index (χ1n) is 9.72. The van der Waals surface area contributed by atoms with Crippen LogP contribution in [0.1, 0.15) is 22.9 Å². The van der Waals surface area contributed by atoms with Gasteiger partial charge in [0.2, 0.25) is 15.9 Å². The normalized spacial score (nSPS) is 16.2. The minimum atomic E-state index is -4.20. The van der Waals surface area contributed by atoms with Crippen LogP contribution in [0.5, 0.6) is 11.6 Å². The van der Waals surface area contributed by atoms with Crippen LogP contribution in [0.4, 0.5) is 9.18 Å². The van der Waals surface area contributed by atoms with Crippen molar-refractivity contribution in [2.45, 2.75) is 24.5 Å². The zero-order valence-corrected chi connectivity index (χ0v) is 17.9. The standard InChI is InChI=1S/C22H20FN3O5S/c1-14-7-9-18(23)20-17(14)11-12-26(21(20)31-22(24)27)32(28,29)16-8-10-19(25-13-16)30-15-5-3-2-4-6-15/h2-10,13,21H,11-12H2,1H3,(H2,24,27). The fourth-order valence-electron chi connectivity index (χ4n) is 3.63. The molecule has 2 heterocycles. The highest BCUT2D eigenvalue weighted by Crippen LogP contribution is 2.38. The predicted molar refractivity (Wildman–Crippen MR) is 113 cm³/mol. The van der Waals surface area contributed by atoms with Crippen molar-refractivity contribution >= 4 is 16.1 Å². The third kappa shape index (κ3) is 4.14. The smallest absolute Gasteiger partial charge is 0.406 e. The molecule has 0 bridgehead atoms. The van der Waals surface area contributed by atoms with Crippen LogP contribution in [-0.4, -0.2) is 30.3 Å². The molecule has 0 saturated carbocycles. The molecule has 1 aromatic heterocycles. The lowest BCUT2D eigenvalue weighted by Crippen LogP contribution is -2.43. The summed E-state index contributed by atoms with van der Waals surface area (Å²) in [5.74, 6) is 0.0660. The molecule has 0 aliphatic carbocycles. The summed E-state index contributed by atoms with van der Waals surface area (Å²) in [6.07, 6.45) is -1.36. The van der Waals surface area contributed by atoms with E-state index >= 15 is 0 Å². The van der Waals surface area contributed by atoms with Crippen molar-refractivity contribution in [1.82, 2.24) is 9.29 Å². The van der Waals surface area contributed by atoms with Crippen molar-refractivity contribution in [3.05, 3.63) is 83.3 Å². The van der Waals surface area contributed by atoms with E-state index in [0.717, 1.165) is 16.1 Å². The second kappa shape index (κ2) is 8.56. The number of carbonyl (C=O) groups excluding carboxylic acids is 1. The van der Waals surface area contributed by atoms with Crippen LogP contribution >= 0.6 is 0 Å². The fraction of sp³-hybridized carbons (Fsp3) is 0.182. The maximum atomic E-state index is 14.7. The summed E-state index contributed by atoms with van der Waals surface area (Å²) < 4.78 is 53.0. The molecular formula is C22H20FN3O5S. The Labute approximate surface area is 184 Å². The van der Waals surface area contributed by atoms with Crippen LogP contribution in [0.3, 0.4) is 0 Å². The summed E-state index contributed by atoms with van der Waals surface area (Å²) in [7, 11) is -4.20. The van der Waals surface area contributed by atoms with Gasteiger partial charge in [-0.3, -0.25) is 0 Å². The number of fused-ring (bicyclic) bond motifs is 1. The lowest BCUT2D eigenvalue weighted by Gasteiger charge is -2.35. The number of pyridine rings is 1. The first-order valence-corrected chi connectivity index (χ1v) is 11.2. The summed E-state index contributed by atoms with van der Waals surface area (Å²) in [5, 5.41) is 0. The Morgan fingerprint density at radius 3 is 2.56 bits per heavy atom. The number of primary amides is 1. The van der Waals surface area contributed by atoms with Gasteiger partial charge in [0.05, 0.1) is 6.20 Å². The molecule has 2 N–H and O–H groups in total. The Bertz CT molecular complexity index is 1250. The molecule has 2 aromatic carbocycles. The van der Waals surface area contributed by atoms with Gasteiger partial charge in [0.1, 0.15) is 16.5 Å². The number of amides is 1. The van der Waals surface area contributed by atoms with Crippen LogP contribution in [0.2, 0.25) is 0 Å². The number of halogens is 1. The molecule has 1 aliphatic rings. The fourth-order valence-corrected chi connectivity index (χ4v) is 5.05. The maximum Gasteiger partial charge on any atom is 0.406 e. The number of hydrogen-bond acceptors (Lipinski definition) is 6. The Hall–Kier alpha value is -3.50. The minimum absolute atomic E-state index is 0.0179. The van der Waals surface area contributed by atoms with E-state index < -0.39 is 28.2 Å². The number of ether oxygens (including phenoxy) is 2. The Morgan fingerprint density at radius 1 is 1.16 bits per heavy atom. The molecule has 10 heteroatoms. The number of para-hydroxylation sites is 1. The van der Waals surface area contributed by atoms with Gasteiger partial charge in [-0.25, -0.2) is 22.6 Å². The largest absolute Gasteiger partial charge is 0.439 e. The van der Waals surface area contributed by atoms with E-state index in [0.29, 0.717) is 11.3 Å². The highest BCUT2D eigenvalue weighted by Gasteiger charge is 2.41. The number of rotatable bonds is 5. The van der Waals surface area contributed by atoms with Crippen molar-refractivity contribution in [3.63, 3.8) is 0 Å². The van der Waals surface area contributed by atoms with Crippen molar-refractivity contribution in [2.75, 3.05) is 6.54 Å². The summed E-state index contributed by atoms with van der Waals surface area (Å²) in [4.78, 5) is 15.4. The maximum absolute atomic E-state index is 14.7. The van der Waals surface area contributed by atoms with E-state index in [1.807, 2.05) is 6.07 Å². The van der Waals surface area contributed by atoms with Crippen LogP contribution in [0.25, 0.3) is 0 Å². The van der Waals surface area contributed by atoms with Gasteiger partial charge in [0.15, 0.2) is 6.23 Å². The number of hydrogen-bond donors (Lipinski definition) is 1. The Morgan fingerprint density at radius 2 is 1.91 bits per heavy atom. The highest BCUT2D eigenvalue weighted by atomic mass is 32.2. The van der Waals surface area contributed by atoms with Crippen molar-refractivity contribution < 1.29 is 27.1 Å². The molecule has 0 fully saturated rings. The van der Waals surface area contributed by atoms with Crippen molar-refractivity contribution in [3.8, 4) is 11.6 Å². The first-order chi connectivity index (χ1) is 15.3. The van der Waals surface area contributed by atoms with E-state index in [-0.39, 0.29) is 29.3 Å². The van der Waals surface area contributed by atoms with Gasteiger partial charge in [0, 0.05) is 18.2 Å². The number of aromatic nitrogens is 1. The topological polar surface area (TPSA) is 112 Å². The van der Waals surface area contributed by atoms with Gasteiger partial charge < -0.3 is 15.2 Å². The van der Waals surface area contributed by atoms with Gasteiger partial charge in [-0.15, -0.1) is 0 Å². The third-order valence-corrected chi connectivity index (χ3v) is 6.97. The van der Waals surface area contributed by atoms with Gasteiger partial charge in [-0.1, -0.05) is 24.3 Å². The zero-order chi connectivity index (χ0) is 22.9. The molecule has 1 atom stereocenters. The molecule has 8 nitrogen and oxygen atoms in total. The molecule has 0 radical (unpaired) electrons. The molecule has 32 heavy (non-hydrogen) atoms. The monoisotopic (exact) mass is 457 g/mol. The number of sulfonamides is 1. The number of aryl methyl sites for hydroxylation is 1. The second-order valence-corrected chi connectivity index (χ2v) is 9.05. The number of nitrogens with two attached hydrogens (primary N) is 1. The molecule has 0 saturated heterocycles. The predicted octanol–water partition coefficient (Wildman–Crippen LogP) is 3.66. The van der Waals surface area contributed by atoms with E-state index in [1.165, 1.54) is 18.2 Å². The molecule has 0 spiro atoms. The first kappa shape index (κ1) is 21.7. The van der Waals surface area contributed by atoms with Gasteiger partial charge in [-0.05, 0) is 48.7 Å². The number of benzene rings is 2. The molecule has 3 aromatic rings. The van der Waals surface area contributed by atoms with E-state index in [2.05, 4.69) is 4.98 Å². The summed E-state index contributed by atoms with van der Waals surface area (Å²) >= 11 is 0. The van der Waals surface area contributed by atoms with E-state index in [1.54, 1.807) is 37.3 Å². The summed E-state index contributed by atoms with van der Waals surface area (Å²) in [5.41, 5.74) is 6.51. The van der Waals surface area contributed by atoms with Crippen LogP contribution < -0.4 is 10.5 Å². The van der Waals surface area contributed by atoms with Gasteiger partial charge in [0.25, 0.3) is 0 Å². The van der Waals surface area contributed by atoms with Crippen molar-refractivity contribution in [2.24, 2.45) is 5.73 Å². The average molecular weight is 457 g/mol. The van der Waals surface area contributed by atoms with E-state index in [9.17, 15) is 17.6 Å². The van der Waals surface area contributed by atoms with Crippen LogP contribution in [0.15, 0.2) is 65.7 Å². The highest BCUT2D eigenvalue weighted by molar-refractivity contribution is 7.89. The third-order valence-electron chi connectivity index (χ3n) is 5.14. The van der Waals surface area contributed by atoms with Gasteiger partial charge in [-0.2, -0.15) is 4.31 Å². The molecule has 4 rings (SSSR count). The molecular weight excluding hydrogens is 437 g/mol. The van der Waals surface area contributed by atoms with Crippen LogP contribution in [0, 0.1) is 12.7 Å². The zero-order valence-electron chi connectivity index (χ0n) is 17.1. The molecule has 166 valence electrons. The Balaban J connectivity index is 1.67. The SMILES string of the molecule is Cc1ccc(F)c2c1CCN(S(=O)(=O)c1ccc(Oc3ccccc3)nc1)C2OC(N)=O.